The number of benzene rings is 3. The van der Waals surface area contributed by atoms with Crippen molar-refractivity contribution in [2.24, 2.45) is 5.92 Å². The lowest BCUT2D eigenvalue weighted by Gasteiger charge is -2.32. The highest BCUT2D eigenvalue weighted by atomic mass is 32.2. The molecule has 234 valence electrons. The van der Waals surface area contributed by atoms with E-state index in [0.717, 1.165) is 66.4 Å². The van der Waals surface area contributed by atoms with Crippen LogP contribution in [-0.4, -0.2) is 43.6 Å². The number of fused-ring (bicyclic) bond motifs is 1. The van der Waals surface area contributed by atoms with Crippen LogP contribution in [0.25, 0.3) is 28.1 Å². The SMILES string of the molecule is CCOC(=O)C=Cc1ccc(C(=C(c2ccccc2S(C)(=O)=O)C2CCC2)c2ccc3c(c2)c(F)nn3C2CCCCO2)cc1. The van der Waals surface area contributed by atoms with Gasteiger partial charge < -0.3 is 9.47 Å². The Balaban J connectivity index is 1.55. The van der Waals surface area contributed by atoms with Crippen molar-refractivity contribution in [1.82, 2.24) is 9.78 Å². The van der Waals surface area contributed by atoms with Crippen molar-refractivity contribution in [3.8, 4) is 0 Å². The monoisotopic (exact) mass is 628 g/mol. The van der Waals surface area contributed by atoms with Gasteiger partial charge in [0.1, 0.15) is 0 Å². The first kappa shape index (κ1) is 30.9. The van der Waals surface area contributed by atoms with Gasteiger partial charge in [-0.15, -0.1) is 5.10 Å². The molecule has 1 unspecified atom stereocenters. The summed E-state index contributed by atoms with van der Waals surface area (Å²) in [4.78, 5) is 12.1. The Labute approximate surface area is 263 Å². The maximum atomic E-state index is 15.5. The summed E-state index contributed by atoms with van der Waals surface area (Å²) in [6, 6.07) is 20.5. The maximum Gasteiger partial charge on any atom is 0.330 e. The van der Waals surface area contributed by atoms with Gasteiger partial charge in [0.2, 0.25) is 5.95 Å². The topological polar surface area (TPSA) is 87.5 Å². The minimum absolute atomic E-state index is 0.130. The van der Waals surface area contributed by atoms with E-state index in [1.54, 1.807) is 29.8 Å². The van der Waals surface area contributed by atoms with Crippen LogP contribution >= 0.6 is 0 Å². The molecule has 1 saturated heterocycles. The fourth-order valence-corrected chi connectivity index (χ4v) is 7.16. The third-order valence-electron chi connectivity index (χ3n) is 8.64. The van der Waals surface area contributed by atoms with E-state index >= 15 is 4.39 Å². The molecule has 4 aromatic rings. The van der Waals surface area contributed by atoms with E-state index in [1.165, 1.54) is 12.3 Å². The molecule has 3 aromatic carbocycles. The predicted octanol–water partition coefficient (Wildman–Crippen LogP) is 7.61. The van der Waals surface area contributed by atoms with E-state index in [9.17, 15) is 13.2 Å². The Morgan fingerprint density at radius 3 is 2.44 bits per heavy atom. The highest BCUT2D eigenvalue weighted by molar-refractivity contribution is 7.90. The quantitative estimate of drug-likeness (QED) is 0.108. The Morgan fingerprint density at radius 1 is 1.02 bits per heavy atom. The molecule has 0 N–H and O–H groups in total. The molecule has 9 heteroatoms. The zero-order valence-electron chi connectivity index (χ0n) is 25.5. The fraction of sp³-hybridized carbons (Fsp3) is 0.333. The number of carbonyl (C=O) groups excluding carboxylic acids is 1. The summed E-state index contributed by atoms with van der Waals surface area (Å²) in [5.74, 6) is -0.854. The normalized spacial score (nSPS) is 18.2. The van der Waals surface area contributed by atoms with Crippen molar-refractivity contribution in [3.63, 3.8) is 0 Å². The Hall–Kier alpha value is -4.08. The van der Waals surface area contributed by atoms with E-state index < -0.39 is 21.8 Å². The summed E-state index contributed by atoms with van der Waals surface area (Å²) < 4.78 is 54.2. The summed E-state index contributed by atoms with van der Waals surface area (Å²) in [6.07, 6.45) is 9.64. The van der Waals surface area contributed by atoms with Crippen molar-refractivity contribution in [2.75, 3.05) is 19.5 Å². The Bertz CT molecular complexity index is 1880. The fourth-order valence-electron chi connectivity index (χ4n) is 6.26. The number of esters is 1. The molecule has 0 amide bonds. The lowest BCUT2D eigenvalue weighted by molar-refractivity contribution is -0.137. The second-order valence-corrected chi connectivity index (χ2v) is 13.7. The number of allylic oxidation sites excluding steroid dienone is 1. The minimum atomic E-state index is -3.55. The van der Waals surface area contributed by atoms with Crippen molar-refractivity contribution in [1.29, 1.82) is 0 Å². The summed E-state index contributed by atoms with van der Waals surface area (Å²) in [7, 11) is -3.55. The van der Waals surface area contributed by atoms with Gasteiger partial charge in [-0.05, 0) is 103 Å². The highest BCUT2D eigenvalue weighted by Gasteiger charge is 2.31. The molecule has 7 nitrogen and oxygen atoms in total. The third kappa shape index (κ3) is 6.51. The number of ether oxygens (including phenoxy) is 2. The third-order valence-corrected chi connectivity index (χ3v) is 9.79. The average Bonchev–Trinajstić information content (AvgIpc) is 3.35. The molecule has 45 heavy (non-hydrogen) atoms. The van der Waals surface area contributed by atoms with Crippen LogP contribution in [0, 0.1) is 11.9 Å². The zero-order chi connectivity index (χ0) is 31.6. The largest absolute Gasteiger partial charge is 0.463 e. The molecular weight excluding hydrogens is 591 g/mol. The van der Waals surface area contributed by atoms with Crippen LogP contribution in [0.5, 0.6) is 0 Å². The standard InChI is InChI=1S/C36H37FN2O5S/c1-3-43-33(40)21-16-24-14-17-26(18-15-24)34(35(25-9-8-10-25)28-11-4-5-12-31(28)45(2,41)42)27-19-20-30-29(23-27)36(37)38-39(30)32-13-6-7-22-44-32/h4-5,11-12,14-21,23,25,32H,3,6-10,13,22H2,1-2H3. The molecule has 0 radical (unpaired) electrons. The minimum Gasteiger partial charge on any atom is -0.463 e. The van der Waals surface area contributed by atoms with Crippen LogP contribution in [0.3, 0.4) is 0 Å². The van der Waals surface area contributed by atoms with Crippen LogP contribution in [0.15, 0.2) is 77.7 Å². The van der Waals surface area contributed by atoms with Crippen molar-refractivity contribution in [3.05, 3.63) is 101 Å². The molecule has 2 heterocycles. The summed E-state index contributed by atoms with van der Waals surface area (Å²) in [5, 5.41) is 4.63. The number of carbonyl (C=O) groups is 1. The smallest absolute Gasteiger partial charge is 0.330 e. The summed E-state index contributed by atoms with van der Waals surface area (Å²) in [6.45, 7) is 2.68. The van der Waals surface area contributed by atoms with Gasteiger partial charge in [-0.3, -0.25) is 0 Å². The van der Waals surface area contributed by atoms with E-state index in [4.69, 9.17) is 9.47 Å². The highest BCUT2D eigenvalue weighted by Crippen LogP contribution is 2.47. The lowest BCUT2D eigenvalue weighted by atomic mass is 9.73. The van der Waals surface area contributed by atoms with Gasteiger partial charge in [0.15, 0.2) is 16.1 Å². The van der Waals surface area contributed by atoms with Gasteiger partial charge in [0, 0.05) is 18.9 Å². The van der Waals surface area contributed by atoms with Gasteiger partial charge in [-0.2, -0.15) is 4.39 Å². The van der Waals surface area contributed by atoms with Crippen molar-refractivity contribution < 1.29 is 27.1 Å². The number of hydrogen-bond donors (Lipinski definition) is 0. The molecule has 1 saturated carbocycles. The van der Waals surface area contributed by atoms with Gasteiger partial charge in [-0.25, -0.2) is 17.9 Å². The molecule has 1 aliphatic heterocycles. The number of halogens is 1. The van der Waals surface area contributed by atoms with Gasteiger partial charge in [0.25, 0.3) is 0 Å². The van der Waals surface area contributed by atoms with Crippen LogP contribution in [-0.2, 0) is 24.1 Å². The average molecular weight is 629 g/mol. The molecule has 0 bridgehead atoms. The van der Waals surface area contributed by atoms with E-state index in [2.05, 4.69) is 5.10 Å². The molecule has 0 spiro atoms. The molecule has 1 aliphatic carbocycles. The first-order valence-electron chi connectivity index (χ1n) is 15.5. The Kier molecular flexibility index (Phi) is 9.01. The number of sulfone groups is 1. The summed E-state index contributed by atoms with van der Waals surface area (Å²) in [5.41, 5.74) is 5.53. The first-order valence-corrected chi connectivity index (χ1v) is 17.4. The predicted molar refractivity (Wildman–Crippen MR) is 173 cm³/mol. The second-order valence-electron chi connectivity index (χ2n) is 11.7. The lowest BCUT2D eigenvalue weighted by Crippen LogP contribution is -2.19. The number of nitrogens with zero attached hydrogens (tertiary/aromatic N) is 2. The Morgan fingerprint density at radius 2 is 1.78 bits per heavy atom. The van der Waals surface area contributed by atoms with Crippen molar-refractivity contribution >= 4 is 43.9 Å². The van der Waals surface area contributed by atoms with Crippen LogP contribution < -0.4 is 0 Å². The van der Waals surface area contributed by atoms with E-state index in [-0.39, 0.29) is 17.0 Å². The summed E-state index contributed by atoms with van der Waals surface area (Å²) >= 11 is 0. The van der Waals surface area contributed by atoms with Crippen LogP contribution in [0.1, 0.15) is 73.9 Å². The zero-order valence-corrected chi connectivity index (χ0v) is 26.4. The number of hydrogen-bond acceptors (Lipinski definition) is 6. The van der Waals surface area contributed by atoms with E-state index in [1.807, 2.05) is 54.6 Å². The van der Waals surface area contributed by atoms with Gasteiger partial charge >= 0.3 is 5.97 Å². The molecule has 1 atom stereocenters. The maximum absolute atomic E-state index is 15.5. The van der Waals surface area contributed by atoms with Crippen molar-refractivity contribution in [2.45, 2.75) is 56.6 Å². The second kappa shape index (κ2) is 13.1. The van der Waals surface area contributed by atoms with Gasteiger partial charge in [0.05, 0.1) is 22.4 Å². The molecule has 6 rings (SSSR count). The molecule has 2 aliphatic rings. The molecular formula is C36H37FN2O5S. The number of aromatic nitrogens is 2. The van der Waals surface area contributed by atoms with Crippen LogP contribution in [0.4, 0.5) is 4.39 Å². The first-order chi connectivity index (χ1) is 21.7. The number of rotatable bonds is 9. The molecule has 1 aromatic heterocycles. The van der Waals surface area contributed by atoms with Crippen LogP contribution in [0.2, 0.25) is 0 Å². The van der Waals surface area contributed by atoms with E-state index in [0.29, 0.717) is 29.7 Å². The van der Waals surface area contributed by atoms with Gasteiger partial charge in [-0.1, -0.05) is 55.0 Å². The molecule has 2 fully saturated rings.